The Morgan fingerprint density at radius 1 is 1.38 bits per heavy atom. The van der Waals surface area contributed by atoms with E-state index in [0.717, 1.165) is 19.3 Å². The van der Waals surface area contributed by atoms with Crippen molar-refractivity contribution in [2.24, 2.45) is 5.41 Å². The summed E-state index contributed by atoms with van der Waals surface area (Å²) in [5.41, 5.74) is -0.309. The number of thioether (sulfide) groups is 1. The number of carboxylic acids is 1. The lowest BCUT2D eigenvalue weighted by atomic mass is 9.74. The topological polar surface area (TPSA) is 79.3 Å². The highest BCUT2D eigenvalue weighted by Gasteiger charge is 2.39. The molecule has 2 rings (SSSR count). The van der Waals surface area contributed by atoms with Crippen LogP contribution in [0, 0.1) is 5.41 Å². The summed E-state index contributed by atoms with van der Waals surface area (Å²) in [4.78, 5) is 28.0. The summed E-state index contributed by atoms with van der Waals surface area (Å²) < 4.78 is 0. The van der Waals surface area contributed by atoms with E-state index < -0.39 is 11.4 Å². The molecule has 0 aromatic carbocycles. The Kier molecular flexibility index (Phi) is 5.22. The molecule has 1 amide bonds. The fourth-order valence-corrected chi connectivity index (χ4v) is 3.31. The average molecular weight is 308 g/mol. The van der Waals surface area contributed by atoms with Crippen molar-refractivity contribution < 1.29 is 14.7 Å². The number of hydrogen-bond acceptors (Lipinski definition) is 4. The molecule has 0 atom stereocenters. The third-order valence-corrected chi connectivity index (χ3v) is 4.77. The Hall–Kier alpha value is -1.56. The Labute approximate surface area is 128 Å². The van der Waals surface area contributed by atoms with Crippen molar-refractivity contribution in [1.82, 2.24) is 10.3 Å². The van der Waals surface area contributed by atoms with Crippen LogP contribution in [0.4, 0.5) is 0 Å². The molecular formula is C15H20N2O3S. The molecule has 1 saturated carbocycles. The van der Waals surface area contributed by atoms with Crippen molar-refractivity contribution in [2.45, 2.75) is 37.1 Å². The minimum atomic E-state index is -0.810. The highest BCUT2D eigenvalue weighted by molar-refractivity contribution is 7.98. The van der Waals surface area contributed by atoms with Gasteiger partial charge in [0.25, 0.3) is 5.91 Å². The summed E-state index contributed by atoms with van der Waals surface area (Å²) in [6.07, 6.45) is 7.65. The number of amides is 1. The fraction of sp³-hybridized carbons (Fsp3) is 0.533. The molecule has 0 bridgehead atoms. The first-order chi connectivity index (χ1) is 10.1. The van der Waals surface area contributed by atoms with Crippen molar-refractivity contribution in [2.75, 3.05) is 12.8 Å². The van der Waals surface area contributed by atoms with E-state index in [4.69, 9.17) is 0 Å². The lowest BCUT2D eigenvalue weighted by Crippen LogP contribution is -2.44. The van der Waals surface area contributed by atoms with E-state index >= 15 is 0 Å². The Morgan fingerprint density at radius 2 is 2.10 bits per heavy atom. The van der Waals surface area contributed by atoms with E-state index in [2.05, 4.69) is 10.3 Å². The van der Waals surface area contributed by atoms with Crippen LogP contribution in [-0.4, -0.2) is 34.8 Å². The molecule has 21 heavy (non-hydrogen) atoms. The number of rotatable bonds is 5. The summed E-state index contributed by atoms with van der Waals surface area (Å²) >= 11 is 1.40. The van der Waals surface area contributed by atoms with Crippen LogP contribution in [0.1, 0.15) is 42.5 Å². The number of aromatic nitrogens is 1. The van der Waals surface area contributed by atoms with Gasteiger partial charge in [0.15, 0.2) is 0 Å². The van der Waals surface area contributed by atoms with Crippen molar-refractivity contribution in [3.63, 3.8) is 0 Å². The SMILES string of the molecule is CSc1ncccc1C(=O)NCC1(C(=O)O)CCCCC1. The van der Waals surface area contributed by atoms with E-state index in [1.54, 1.807) is 18.3 Å². The zero-order chi connectivity index (χ0) is 15.3. The van der Waals surface area contributed by atoms with Crippen molar-refractivity contribution in [3.05, 3.63) is 23.9 Å². The highest BCUT2D eigenvalue weighted by Crippen LogP contribution is 2.36. The molecular weight excluding hydrogens is 288 g/mol. The van der Waals surface area contributed by atoms with Crippen LogP contribution >= 0.6 is 11.8 Å². The number of hydrogen-bond donors (Lipinski definition) is 2. The second-order valence-corrected chi connectivity index (χ2v) is 6.18. The molecule has 0 radical (unpaired) electrons. The summed E-state index contributed by atoms with van der Waals surface area (Å²) in [5.74, 6) is -1.06. The first-order valence-corrected chi connectivity index (χ1v) is 8.32. The Balaban J connectivity index is 2.07. The molecule has 114 valence electrons. The molecule has 1 fully saturated rings. The van der Waals surface area contributed by atoms with E-state index in [1.165, 1.54) is 11.8 Å². The van der Waals surface area contributed by atoms with Gasteiger partial charge in [0.05, 0.1) is 11.0 Å². The van der Waals surface area contributed by atoms with E-state index in [1.807, 2.05) is 6.26 Å². The maximum atomic E-state index is 12.3. The molecule has 6 heteroatoms. The molecule has 1 aliphatic rings. The van der Waals surface area contributed by atoms with Crippen LogP contribution in [0.2, 0.25) is 0 Å². The van der Waals surface area contributed by atoms with Gasteiger partial charge < -0.3 is 10.4 Å². The molecule has 1 aliphatic carbocycles. The third-order valence-electron chi connectivity index (χ3n) is 4.06. The van der Waals surface area contributed by atoms with E-state index in [9.17, 15) is 14.7 Å². The predicted octanol–water partition coefficient (Wildman–Crippen LogP) is 2.57. The van der Waals surface area contributed by atoms with Gasteiger partial charge >= 0.3 is 5.97 Å². The zero-order valence-electron chi connectivity index (χ0n) is 12.1. The molecule has 5 nitrogen and oxygen atoms in total. The molecule has 0 spiro atoms. The first kappa shape index (κ1) is 15.8. The first-order valence-electron chi connectivity index (χ1n) is 7.10. The summed E-state index contributed by atoms with van der Waals surface area (Å²) in [6.45, 7) is 0.184. The van der Waals surface area contributed by atoms with Crippen molar-refractivity contribution >= 4 is 23.6 Å². The van der Waals surface area contributed by atoms with Gasteiger partial charge in [-0.1, -0.05) is 19.3 Å². The van der Waals surface area contributed by atoms with Gasteiger partial charge in [-0.2, -0.15) is 0 Å². The number of aliphatic carboxylic acids is 1. The van der Waals surface area contributed by atoms with Crippen LogP contribution in [0.25, 0.3) is 0 Å². The average Bonchev–Trinajstić information content (AvgIpc) is 2.53. The van der Waals surface area contributed by atoms with Crippen molar-refractivity contribution in [3.8, 4) is 0 Å². The summed E-state index contributed by atoms with van der Waals surface area (Å²) in [6, 6.07) is 3.42. The minimum absolute atomic E-state index is 0.184. The Bertz CT molecular complexity index is 527. The number of nitrogens with one attached hydrogen (secondary N) is 1. The quantitative estimate of drug-likeness (QED) is 0.817. The molecule has 0 saturated heterocycles. The lowest BCUT2D eigenvalue weighted by Gasteiger charge is -2.33. The fourth-order valence-electron chi connectivity index (χ4n) is 2.77. The number of carbonyl (C=O) groups is 2. The van der Waals surface area contributed by atoms with Gasteiger partial charge in [0, 0.05) is 12.7 Å². The number of carbonyl (C=O) groups excluding carboxylic acids is 1. The standard InChI is InChI=1S/C15H20N2O3S/c1-21-13-11(6-5-9-16-13)12(18)17-10-15(14(19)20)7-3-2-4-8-15/h5-6,9H,2-4,7-8,10H2,1H3,(H,17,18)(H,19,20). The molecule has 1 aromatic rings. The van der Waals surface area contributed by atoms with E-state index in [0.29, 0.717) is 23.4 Å². The van der Waals surface area contributed by atoms with Crippen LogP contribution in [0.3, 0.4) is 0 Å². The van der Waals surface area contributed by atoms with Crippen LogP contribution < -0.4 is 5.32 Å². The smallest absolute Gasteiger partial charge is 0.311 e. The number of pyridine rings is 1. The van der Waals surface area contributed by atoms with Crippen LogP contribution in [-0.2, 0) is 4.79 Å². The van der Waals surface area contributed by atoms with Gasteiger partial charge in [-0.05, 0) is 31.2 Å². The van der Waals surface area contributed by atoms with Gasteiger partial charge in [-0.25, -0.2) is 4.98 Å². The lowest BCUT2D eigenvalue weighted by molar-refractivity contribution is -0.150. The number of carboxylic acid groups (broad SMARTS) is 1. The van der Waals surface area contributed by atoms with E-state index in [-0.39, 0.29) is 12.5 Å². The maximum absolute atomic E-state index is 12.3. The molecule has 1 heterocycles. The normalized spacial score (nSPS) is 17.2. The summed E-state index contributed by atoms with van der Waals surface area (Å²) in [5, 5.41) is 13.0. The third kappa shape index (κ3) is 3.56. The summed E-state index contributed by atoms with van der Waals surface area (Å²) in [7, 11) is 0. The second-order valence-electron chi connectivity index (χ2n) is 5.39. The monoisotopic (exact) mass is 308 g/mol. The van der Waals surface area contributed by atoms with Crippen LogP contribution in [0.15, 0.2) is 23.4 Å². The van der Waals surface area contributed by atoms with Crippen LogP contribution in [0.5, 0.6) is 0 Å². The largest absolute Gasteiger partial charge is 0.481 e. The van der Waals surface area contributed by atoms with Gasteiger partial charge in [-0.15, -0.1) is 11.8 Å². The molecule has 1 aromatic heterocycles. The minimum Gasteiger partial charge on any atom is -0.481 e. The maximum Gasteiger partial charge on any atom is 0.311 e. The van der Waals surface area contributed by atoms with Gasteiger partial charge in [0.2, 0.25) is 0 Å². The predicted molar refractivity (Wildman–Crippen MR) is 81.5 cm³/mol. The molecule has 0 aliphatic heterocycles. The van der Waals surface area contributed by atoms with Gasteiger partial charge in [0.1, 0.15) is 5.03 Å². The molecule has 0 unspecified atom stereocenters. The Morgan fingerprint density at radius 3 is 2.71 bits per heavy atom. The molecule has 2 N–H and O–H groups in total. The van der Waals surface area contributed by atoms with Crippen molar-refractivity contribution in [1.29, 1.82) is 0 Å². The second kappa shape index (κ2) is 6.93. The number of nitrogens with zero attached hydrogens (tertiary/aromatic N) is 1. The zero-order valence-corrected chi connectivity index (χ0v) is 12.9. The highest BCUT2D eigenvalue weighted by atomic mass is 32.2. The van der Waals surface area contributed by atoms with Gasteiger partial charge in [-0.3, -0.25) is 9.59 Å².